The van der Waals surface area contributed by atoms with Gasteiger partial charge in [-0.2, -0.15) is 0 Å². The molecular weight excluding hydrogens is 310 g/mol. The van der Waals surface area contributed by atoms with Crippen LogP contribution in [0, 0.1) is 0 Å². The molecule has 1 aromatic carbocycles. The maximum atomic E-state index is 12.5. The van der Waals surface area contributed by atoms with Crippen LogP contribution in [0.5, 0.6) is 0 Å². The molecule has 1 aromatic heterocycles. The Labute approximate surface area is 139 Å². The Hall–Kier alpha value is -2.57. The number of carbonyl (C=O) groups is 2. The zero-order valence-electron chi connectivity index (χ0n) is 13.9. The van der Waals surface area contributed by atoms with Gasteiger partial charge in [0.25, 0.3) is 0 Å². The fourth-order valence-corrected chi connectivity index (χ4v) is 3.00. The van der Waals surface area contributed by atoms with E-state index < -0.39 is 5.76 Å². The number of hydrogen-bond donors (Lipinski definition) is 0. The summed E-state index contributed by atoms with van der Waals surface area (Å²) in [6.07, 6.45) is 0.772. The highest BCUT2D eigenvalue weighted by molar-refractivity contribution is 5.82. The Kier molecular flexibility index (Phi) is 4.42. The molecule has 1 saturated heterocycles. The normalized spacial score (nSPS) is 15.1. The summed E-state index contributed by atoms with van der Waals surface area (Å²) >= 11 is 0. The number of amides is 2. The van der Waals surface area contributed by atoms with Gasteiger partial charge in [-0.3, -0.25) is 14.2 Å². The maximum absolute atomic E-state index is 12.5. The van der Waals surface area contributed by atoms with Crippen LogP contribution in [0.15, 0.2) is 27.4 Å². The maximum Gasteiger partial charge on any atom is 0.419 e. The average molecular weight is 331 g/mol. The van der Waals surface area contributed by atoms with Gasteiger partial charge < -0.3 is 14.2 Å². The summed E-state index contributed by atoms with van der Waals surface area (Å²) in [6.45, 7) is 4.16. The van der Waals surface area contributed by atoms with Crippen LogP contribution in [0.4, 0.5) is 0 Å². The van der Waals surface area contributed by atoms with Gasteiger partial charge >= 0.3 is 5.76 Å². The van der Waals surface area contributed by atoms with Gasteiger partial charge in [-0.25, -0.2) is 4.79 Å². The number of aromatic nitrogens is 1. The van der Waals surface area contributed by atoms with E-state index in [-0.39, 0.29) is 18.2 Å². The van der Waals surface area contributed by atoms with E-state index in [9.17, 15) is 14.4 Å². The molecule has 7 heteroatoms. The third kappa shape index (κ3) is 3.06. The smallest absolute Gasteiger partial charge is 0.408 e. The molecule has 0 radical (unpaired) electrons. The highest BCUT2D eigenvalue weighted by Gasteiger charge is 2.23. The minimum Gasteiger partial charge on any atom is -0.408 e. The minimum atomic E-state index is -0.412. The van der Waals surface area contributed by atoms with Crippen molar-refractivity contribution in [3.63, 3.8) is 0 Å². The Morgan fingerprint density at radius 3 is 2.33 bits per heavy atom. The fraction of sp³-hybridized carbons (Fsp3) is 0.471. The van der Waals surface area contributed by atoms with E-state index in [2.05, 4.69) is 0 Å². The van der Waals surface area contributed by atoms with Crippen LogP contribution in [0.1, 0.15) is 18.9 Å². The standard InChI is InChI=1S/C17H21N3O4/c1-3-15(21)19-6-8-20(9-7-19)16(22)11-12-4-5-14-13(10-12)18(2)17(23)24-14/h4-5,10H,3,6-9,11H2,1-2H3. The first kappa shape index (κ1) is 16.3. The van der Waals surface area contributed by atoms with Crippen molar-refractivity contribution in [2.24, 2.45) is 7.05 Å². The molecule has 0 bridgehead atoms. The highest BCUT2D eigenvalue weighted by Crippen LogP contribution is 2.16. The summed E-state index contributed by atoms with van der Waals surface area (Å²) in [6, 6.07) is 5.34. The third-order valence-corrected chi connectivity index (χ3v) is 4.50. The molecule has 0 unspecified atom stereocenters. The SMILES string of the molecule is CCC(=O)N1CCN(C(=O)Cc2ccc3oc(=O)n(C)c3c2)CC1. The first-order valence-electron chi connectivity index (χ1n) is 8.13. The van der Waals surface area contributed by atoms with Crippen molar-refractivity contribution in [2.75, 3.05) is 26.2 Å². The number of oxazole rings is 1. The number of nitrogens with zero attached hydrogens (tertiary/aromatic N) is 3. The number of hydrogen-bond acceptors (Lipinski definition) is 4. The number of rotatable bonds is 3. The number of piperazine rings is 1. The molecule has 7 nitrogen and oxygen atoms in total. The van der Waals surface area contributed by atoms with Crippen LogP contribution < -0.4 is 5.76 Å². The van der Waals surface area contributed by atoms with Gasteiger partial charge in [0.05, 0.1) is 11.9 Å². The van der Waals surface area contributed by atoms with Crippen LogP contribution >= 0.6 is 0 Å². The molecule has 0 aliphatic carbocycles. The van der Waals surface area contributed by atoms with Gasteiger partial charge in [0.15, 0.2) is 5.58 Å². The number of benzene rings is 1. The molecule has 2 amide bonds. The topological polar surface area (TPSA) is 75.8 Å². The number of carbonyl (C=O) groups excluding carboxylic acids is 2. The minimum absolute atomic E-state index is 0.0337. The highest BCUT2D eigenvalue weighted by atomic mass is 16.4. The Morgan fingerprint density at radius 2 is 1.71 bits per heavy atom. The lowest BCUT2D eigenvalue weighted by atomic mass is 10.1. The molecule has 1 aliphatic heterocycles. The molecule has 1 aliphatic rings. The van der Waals surface area contributed by atoms with Crippen molar-refractivity contribution in [3.8, 4) is 0 Å². The monoisotopic (exact) mass is 331 g/mol. The third-order valence-electron chi connectivity index (χ3n) is 4.50. The lowest BCUT2D eigenvalue weighted by Gasteiger charge is -2.34. The Balaban J connectivity index is 1.66. The van der Waals surface area contributed by atoms with E-state index >= 15 is 0 Å². The largest absolute Gasteiger partial charge is 0.419 e. The predicted molar refractivity (Wildman–Crippen MR) is 88.6 cm³/mol. The quantitative estimate of drug-likeness (QED) is 0.832. The zero-order valence-corrected chi connectivity index (χ0v) is 13.9. The van der Waals surface area contributed by atoms with Gasteiger partial charge in [0, 0.05) is 39.6 Å². The van der Waals surface area contributed by atoms with Crippen LogP contribution in [-0.2, 0) is 23.1 Å². The lowest BCUT2D eigenvalue weighted by molar-refractivity contribution is -0.139. The van der Waals surface area contributed by atoms with E-state index in [0.29, 0.717) is 43.7 Å². The van der Waals surface area contributed by atoms with Gasteiger partial charge in [0.2, 0.25) is 11.8 Å². The second-order valence-corrected chi connectivity index (χ2v) is 6.02. The molecule has 1 fully saturated rings. The molecule has 0 spiro atoms. The van der Waals surface area contributed by atoms with Gasteiger partial charge in [-0.05, 0) is 17.7 Å². The molecule has 0 atom stereocenters. The summed E-state index contributed by atoms with van der Waals surface area (Å²) in [5, 5.41) is 0. The molecule has 2 heterocycles. The fourth-order valence-electron chi connectivity index (χ4n) is 3.00. The van der Waals surface area contributed by atoms with Gasteiger partial charge in [-0.15, -0.1) is 0 Å². The van der Waals surface area contributed by atoms with Crippen molar-refractivity contribution in [1.82, 2.24) is 14.4 Å². The summed E-state index contributed by atoms with van der Waals surface area (Å²) < 4.78 is 6.52. The molecule has 3 rings (SSSR count). The second kappa shape index (κ2) is 6.51. The zero-order chi connectivity index (χ0) is 17.3. The van der Waals surface area contributed by atoms with Crippen molar-refractivity contribution in [3.05, 3.63) is 34.3 Å². The van der Waals surface area contributed by atoms with Crippen LogP contribution in [0.25, 0.3) is 11.1 Å². The van der Waals surface area contributed by atoms with Crippen molar-refractivity contribution < 1.29 is 14.0 Å². The van der Waals surface area contributed by atoms with E-state index in [1.165, 1.54) is 4.57 Å². The number of fused-ring (bicyclic) bond motifs is 1. The molecule has 2 aromatic rings. The Bertz CT molecular complexity index is 828. The van der Waals surface area contributed by atoms with E-state index in [4.69, 9.17) is 4.42 Å². The average Bonchev–Trinajstić information content (AvgIpc) is 2.88. The van der Waals surface area contributed by atoms with Crippen LogP contribution in [-0.4, -0.2) is 52.4 Å². The van der Waals surface area contributed by atoms with Crippen LogP contribution in [0.2, 0.25) is 0 Å². The molecule has 0 saturated carbocycles. The second-order valence-electron chi connectivity index (χ2n) is 6.02. The van der Waals surface area contributed by atoms with Crippen LogP contribution in [0.3, 0.4) is 0 Å². The molecular formula is C17H21N3O4. The first-order chi connectivity index (χ1) is 11.5. The van der Waals surface area contributed by atoms with Crippen molar-refractivity contribution >= 4 is 22.9 Å². The summed E-state index contributed by atoms with van der Waals surface area (Å²) in [5.74, 6) is -0.245. The molecule has 128 valence electrons. The van der Waals surface area contributed by atoms with Gasteiger partial charge in [-0.1, -0.05) is 13.0 Å². The lowest BCUT2D eigenvalue weighted by Crippen LogP contribution is -2.50. The van der Waals surface area contributed by atoms with Crippen molar-refractivity contribution in [1.29, 1.82) is 0 Å². The number of aryl methyl sites for hydroxylation is 1. The van der Waals surface area contributed by atoms with Gasteiger partial charge in [0.1, 0.15) is 0 Å². The Morgan fingerprint density at radius 1 is 1.08 bits per heavy atom. The summed E-state index contributed by atoms with van der Waals surface area (Å²) in [7, 11) is 1.64. The summed E-state index contributed by atoms with van der Waals surface area (Å²) in [5.41, 5.74) is 2.05. The predicted octanol–water partition coefficient (Wildman–Crippen LogP) is 0.755. The molecule has 24 heavy (non-hydrogen) atoms. The van der Waals surface area contributed by atoms with Crippen molar-refractivity contribution in [2.45, 2.75) is 19.8 Å². The summed E-state index contributed by atoms with van der Waals surface area (Å²) in [4.78, 5) is 39.3. The van der Waals surface area contributed by atoms with E-state index in [0.717, 1.165) is 5.56 Å². The first-order valence-corrected chi connectivity index (χ1v) is 8.13. The van der Waals surface area contributed by atoms with E-state index in [1.54, 1.807) is 29.0 Å². The molecule has 0 N–H and O–H groups in total. The van der Waals surface area contributed by atoms with E-state index in [1.807, 2.05) is 13.0 Å².